The minimum atomic E-state index is -7.62. The predicted octanol–water partition coefficient (Wildman–Crippen LogP) is 3.97. The Morgan fingerprint density at radius 3 is 1.20 bits per heavy atom. The molecule has 0 aromatic rings. The van der Waals surface area contributed by atoms with Crippen molar-refractivity contribution in [1.29, 1.82) is 0 Å². The summed E-state index contributed by atoms with van der Waals surface area (Å²) in [6.07, 6.45) is -9.64. The molecule has 1 rings (SSSR count). The number of sulfonamides is 2. The summed E-state index contributed by atoms with van der Waals surface area (Å²) in [4.78, 5) is 0. The molecule has 0 unspecified atom stereocenters. The Bertz CT molecular complexity index is 731. The summed E-state index contributed by atoms with van der Waals surface area (Å²) < 4.78 is 162. The molecule has 0 atom stereocenters. The predicted molar refractivity (Wildman–Crippen MR) is 83.5 cm³/mol. The number of hydrogen-bond donors (Lipinski definition) is 0. The molecule has 0 N–H and O–H groups in total. The average Bonchev–Trinajstić information content (AvgIpc) is 2.53. The van der Waals surface area contributed by atoms with Crippen LogP contribution >= 0.6 is 0 Å². The summed E-state index contributed by atoms with van der Waals surface area (Å²) in [5, 5.41) is -14.0. The highest BCUT2D eigenvalue weighted by molar-refractivity contribution is 8.13. The van der Waals surface area contributed by atoms with Crippen molar-refractivity contribution in [2.45, 2.75) is 49.0 Å². The summed E-state index contributed by atoms with van der Waals surface area (Å²) in [6.45, 7) is 6.44. The second kappa shape index (κ2) is 8.93. The van der Waals surface area contributed by atoms with Crippen LogP contribution in [0, 0.1) is 0 Å². The van der Waals surface area contributed by atoms with Crippen LogP contribution in [-0.2, 0) is 20.0 Å². The van der Waals surface area contributed by atoms with E-state index in [1.54, 1.807) is 0 Å². The van der Waals surface area contributed by atoms with Gasteiger partial charge in [-0.1, -0.05) is 0 Å². The topological polar surface area (TPSA) is 82.4 Å². The Hall–Kier alpha value is -0.880. The number of hydrogen-bond acceptors (Lipinski definition) is 4. The molecule has 1 fully saturated rings. The number of likely N-dealkylation sites (tertiary alicyclic amines) is 1. The second-order valence-electron chi connectivity index (χ2n) is 6.50. The number of halogens is 10. The lowest BCUT2D eigenvalue weighted by molar-refractivity contribution is -0.912. The van der Waals surface area contributed by atoms with E-state index in [0.717, 1.165) is 0 Å². The van der Waals surface area contributed by atoms with Gasteiger partial charge in [-0.05, 0) is 26.2 Å². The van der Waals surface area contributed by atoms with Crippen molar-refractivity contribution in [2.75, 3.05) is 26.7 Å². The summed E-state index contributed by atoms with van der Waals surface area (Å²) in [6, 6.07) is 0. The zero-order valence-electron chi connectivity index (χ0n) is 15.4. The lowest BCUT2D eigenvalue weighted by Crippen LogP contribution is -2.48. The van der Waals surface area contributed by atoms with Crippen LogP contribution in [0.25, 0.3) is 4.13 Å². The molecule has 30 heavy (non-hydrogen) atoms. The van der Waals surface area contributed by atoms with Crippen molar-refractivity contribution in [3.05, 3.63) is 4.13 Å². The van der Waals surface area contributed by atoms with Crippen molar-refractivity contribution in [3.63, 3.8) is 0 Å². The molecule has 182 valence electrons. The maximum atomic E-state index is 12.3. The number of piperidine rings is 1. The van der Waals surface area contributed by atoms with Gasteiger partial charge < -0.3 is 8.61 Å². The molecular formula is C12H18F10N2O4S2. The first-order chi connectivity index (χ1) is 13.0. The van der Waals surface area contributed by atoms with Crippen LogP contribution in [0.5, 0.6) is 0 Å². The fourth-order valence-electron chi connectivity index (χ4n) is 2.11. The molecule has 0 aliphatic carbocycles. The van der Waals surface area contributed by atoms with Crippen molar-refractivity contribution in [2.24, 2.45) is 0 Å². The smallest absolute Gasteiger partial charge is 0.425 e. The van der Waals surface area contributed by atoms with Gasteiger partial charge in [0.15, 0.2) is 20.0 Å². The van der Waals surface area contributed by atoms with E-state index in [0.29, 0.717) is 4.13 Å². The third-order valence-corrected chi connectivity index (χ3v) is 7.49. The van der Waals surface area contributed by atoms with Crippen LogP contribution in [0.1, 0.15) is 26.2 Å². The largest absolute Gasteiger partial charge is 0.467 e. The van der Waals surface area contributed by atoms with Gasteiger partial charge in [-0.25, -0.2) is 16.8 Å². The Kier molecular flexibility index (Phi) is 8.67. The van der Waals surface area contributed by atoms with Crippen LogP contribution in [0.2, 0.25) is 0 Å². The Labute approximate surface area is 165 Å². The highest BCUT2D eigenvalue weighted by Gasteiger charge is 2.68. The second-order valence-corrected chi connectivity index (χ2v) is 10.0. The Balaban J connectivity index is 0.000000769. The van der Waals surface area contributed by atoms with E-state index < -0.39 is 42.9 Å². The van der Waals surface area contributed by atoms with Gasteiger partial charge >= 0.3 is 22.9 Å². The van der Waals surface area contributed by atoms with Crippen molar-refractivity contribution in [3.8, 4) is 0 Å². The molecule has 0 aromatic carbocycles. The SMILES string of the molecule is CC[N+]1(C)CCCCC1.O=S(=O)([N-]S(=O)(=O)C(F)(F)C(F)(F)F)C(F)(F)C(F)(F)F. The van der Waals surface area contributed by atoms with Crippen molar-refractivity contribution in [1.82, 2.24) is 0 Å². The molecule has 1 heterocycles. The van der Waals surface area contributed by atoms with Gasteiger partial charge in [-0.3, -0.25) is 0 Å². The molecule has 0 bridgehead atoms. The van der Waals surface area contributed by atoms with Crippen LogP contribution < -0.4 is 0 Å². The van der Waals surface area contributed by atoms with Crippen LogP contribution in [0.15, 0.2) is 0 Å². The standard InChI is InChI=1S/C8H18N.C4F10NO4S2/c1-3-9(2)7-5-4-6-8-9;5-1(6,7)3(11,12)20(16,17)15-21(18,19)4(13,14)2(8,9)10/h3-8H2,1-2H3;/q+1;-1. The van der Waals surface area contributed by atoms with Gasteiger partial charge in [0.25, 0.3) is 0 Å². The molecule has 0 radical (unpaired) electrons. The van der Waals surface area contributed by atoms with Gasteiger partial charge in [-0.2, -0.15) is 43.9 Å². The normalized spacial score (nSPS) is 19.1. The number of alkyl halides is 10. The fourth-order valence-corrected chi connectivity index (χ4v) is 4.47. The maximum absolute atomic E-state index is 12.3. The zero-order chi connectivity index (χ0) is 24.4. The van der Waals surface area contributed by atoms with Crippen LogP contribution in [0.4, 0.5) is 43.9 Å². The van der Waals surface area contributed by atoms with Gasteiger partial charge in [0.2, 0.25) is 0 Å². The van der Waals surface area contributed by atoms with E-state index in [1.165, 1.54) is 43.4 Å². The van der Waals surface area contributed by atoms with Gasteiger partial charge in [0.05, 0.1) is 26.7 Å². The summed E-state index contributed by atoms with van der Waals surface area (Å²) in [5.74, 6) is 0. The minimum absolute atomic E-state index is 0.422. The molecule has 6 nitrogen and oxygen atoms in total. The van der Waals surface area contributed by atoms with E-state index in [4.69, 9.17) is 0 Å². The summed E-state index contributed by atoms with van der Waals surface area (Å²) >= 11 is 0. The van der Waals surface area contributed by atoms with E-state index >= 15 is 0 Å². The van der Waals surface area contributed by atoms with Gasteiger partial charge in [-0.15, -0.1) is 0 Å². The molecule has 1 aliphatic heterocycles. The maximum Gasteiger partial charge on any atom is 0.467 e. The summed E-state index contributed by atoms with van der Waals surface area (Å²) in [7, 11) is -12.9. The Morgan fingerprint density at radius 2 is 1.00 bits per heavy atom. The third kappa shape index (κ3) is 6.32. The molecule has 1 saturated heterocycles. The van der Waals surface area contributed by atoms with Crippen molar-refractivity contribution < 1.29 is 65.2 Å². The number of nitrogens with zero attached hydrogens (tertiary/aromatic N) is 2. The minimum Gasteiger partial charge on any atom is -0.425 e. The molecule has 0 aromatic heterocycles. The van der Waals surface area contributed by atoms with Gasteiger partial charge in [0, 0.05) is 0 Å². The highest BCUT2D eigenvalue weighted by Crippen LogP contribution is 2.47. The van der Waals surface area contributed by atoms with Gasteiger partial charge in [0.1, 0.15) is 0 Å². The lowest BCUT2D eigenvalue weighted by atomic mass is 10.1. The van der Waals surface area contributed by atoms with Crippen LogP contribution in [0.3, 0.4) is 0 Å². The molecule has 0 amide bonds. The third-order valence-electron chi connectivity index (χ3n) is 4.16. The Morgan fingerprint density at radius 1 is 0.700 bits per heavy atom. The van der Waals surface area contributed by atoms with E-state index in [-0.39, 0.29) is 0 Å². The zero-order valence-corrected chi connectivity index (χ0v) is 17.0. The van der Waals surface area contributed by atoms with E-state index in [2.05, 4.69) is 14.0 Å². The molecule has 18 heteroatoms. The first-order valence-corrected chi connectivity index (χ1v) is 10.8. The number of quaternary nitrogens is 1. The van der Waals surface area contributed by atoms with Crippen molar-refractivity contribution >= 4 is 20.0 Å². The molecule has 0 saturated carbocycles. The fraction of sp³-hybridized carbons (Fsp3) is 1.00. The lowest BCUT2D eigenvalue weighted by Gasteiger charge is -2.36. The quantitative estimate of drug-likeness (QED) is 0.416. The monoisotopic (exact) mass is 508 g/mol. The molecule has 0 spiro atoms. The molecule has 1 aliphatic rings. The number of rotatable bonds is 5. The van der Waals surface area contributed by atoms with E-state index in [9.17, 15) is 60.7 Å². The van der Waals surface area contributed by atoms with E-state index in [1.807, 2.05) is 0 Å². The van der Waals surface area contributed by atoms with Crippen LogP contribution in [-0.4, -0.2) is 70.9 Å². The summed E-state index contributed by atoms with van der Waals surface area (Å²) in [5.41, 5.74) is 0. The first kappa shape index (κ1) is 29.1. The average molecular weight is 508 g/mol. The highest BCUT2D eigenvalue weighted by atomic mass is 32.3. The first-order valence-electron chi connectivity index (χ1n) is 7.93. The molecular weight excluding hydrogens is 490 g/mol.